The highest BCUT2D eigenvalue weighted by Crippen LogP contribution is 2.32. The molecule has 84 valence electrons. The van der Waals surface area contributed by atoms with Gasteiger partial charge in [-0.05, 0) is 17.2 Å². The molecule has 0 fully saturated rings. The van der Waals surface area contributed by atoms with Gasteiger partial charge in [0, 0.05) is 6.07 Å². The molecule has 0 aliphatic heterocycles. The van der Waals surface area contributed by atoms with Crippen LogP contribution in [-0.4, -0.2) is 4.92 Å². The molecule has 0 radical (unpaired) electrons. The van der Waals surface area contributed by atoms with Crippen molar-refractivity contribution >= 4 is 11.8 Å². The summed E-state index contributed by atoms with van der Waals surface area (Å²) in [7, 11) is 0. The Hall–Kier alpha value is -2.42. The van der Waals surface area contributed by atoms with Crippen molar-refractivity contribution in [2.75, 3.05) is 0 Å². The van der Waals surface area contributed by atoms with E-state index in [-0.39, 0.29) is 10.6 Å². The highest BCUT2D eigenvalue weighted by atomic mass is 16.6. The number of hydrogen-bond acceptors (Lipinski definition) is 2. The van der Waals surface area contributed by atoms with Gasteiger partial charge >= 0.3 is 0 Å². The molecule has 17 heavy (non-hydrogen) atoms. The fourth-order valence-corrected chi connectivity index (χ4v) is 1.78. The third-order valence-electron chi connectivity index (χ3n) is 2.57. The van der Waals surface area contributed by atoms with E-state index in [0.29, 0.717) is 5.56 Å². The fraction of sp³-hybridized carbons (Fsp3) is 0. The molecule has 0 N–H and O–H groups in total. The lowest BCUT2D eigenvalue weighted by molar-refractivity contribution is -0.384. The van der Waals surface area contributed by atoms with E-state index in [1.807, 2.05) is 24.3 Å². The van der Waals surface area contributed by atoms with E-state index in [4.69, 9.17) is 0 Å². The number of para-hydroxylation sites is 1. The number of nitro benzene ring substituents is 1. The molecule has 3 nitrogen and oxygen atoms in total. The van der Waals surface area contributed by atoms with Crippen molar-refractivity contribution in [1.29, 1.82) is 0 Å². The summed E-state index contributed by atoms with van der Waals surface area (Å²) in [5.41, 5.74) is 2.45. The molecule has 0 aromatic heterocycles. The first-order valence-electron chi connectivity index (χ1n) is 5.19. The maximum atomic E-state index is 11.0. The average Bonchev–Trinajstić information content (AvgIpc) is 2.38. The molecule has 2 rings (SSSR count). The highest BCUT2D eigenvalue weighted by Gasteiger charge is 2.15. The first kappa shape index (κ1) is 11.1. The van der Waals surface area contributed by atoms with Crippen LogP contribution in [0.1, 0.15) is 5.56 Å². The number of benzene rings is 2. The minimum Gasteiger partial charge on any atom is -0.258 e. The van der Waals surface area contributed by atoms with E-state index >= 15 is 0 Å². The molecular weight excluding hydrogens is 214 g/mol. The molecule has 2 aromatic carbocycles. The Balaban J connectivity index is 2.68. The Bertz CT molecular complexity index is 576. The summed E-state index contributed by atoms with van der Waals surface area (Å²) in [6.07, 6.45) is 1.70. The van der Waals surface area contributed by atoms with Gasteiger partial charge in [-0.25, -0.2) is 0 Å². The molecule has 0 aliphatic rings. The van der Waals surface area contributed by atoms with Crippen LogP contribution in [0.25, 0.3) is 17.2 Å². The molecule has 0 saturated heterocycles. The molecular formula is C14H11NO2. The zero-order valence-electron chi connectivity index (χ0n) is 9.17. The van der Waals surface area contributed by atoms with Gasteiger partial charge in [0.1, 0.15) is 0 Å². The molecule has 0 spiro atoms. The third kappa shape index (κ3) is 2.08. The smallest absolute Gasteiger partial charge is 0.258 e. The summed E-state index contributed by atoms with van der Waals surface area (Å²) < 4.78 is 0. The van der Waals surface area contributed by atoms with Gasteiger partial charge in [0.15, 0.2) is 0 Å². The largest absolute Gasteiger partial charge is 0.277 e. The SMILES string of the molecule is C=Cc1ccccc1-c1ccccc1[N+](=O)[O-]. The van der Waals surface area contributed by atoms with Gasteiger partial charge in [0.05, 0.1) is 10.5 Å². The maximum absolute atomic E-state index is 11.0. The quantitative estimate of drug-likeness (QED) is 0.587. The fourth-order valence-electron chi connectivity index (χ4n) is 1.78. The predicted octanol–water partition coefficient (Wildman–Crippen LogP) is 3.90. The van der Waals surface area contributed by atoms with Crippen LogP contribution in [0, 0.1) is 10.1 Å². The molecule has 0 unspecified atom stereocenters. The van der Waals surface area contributed by atoms with Crippen LogP contribution < -0.4 is 0 Å². The zero-order valence-corrected chi connectivity index (χ0v) is 9.17. The van der Waals surface area contributed by atoms with Crippen molar-refractivity contribution < 1.29 is 4.92 Å². The lowest BCUT2D eigenvalue weighted by Gasteiger charge is -2.06. The normalized spacial score (nSPS) is 9.88. The standard InChI is InChI=1S/C14H11NO2/c1-2-11-7-3-4-8-12(11)13-9-5-6-10-14(13)15(16)17/h2-10H,1H2. The van der Waals surface area contributed by atoms with Crippen LogP contribution in [0.3, 0.4) is 0 Å². The Morgan fingerprint density at radius 1 is 1.00 bits per heavy atom. The van der Waals surface area contributed by atoms with E-state index < -0.39 is 0 Å². The maximum Gasteiger partial charge on any atom is 0.277 e. The van der Waals surface area contributed by atoms with Crippen LogP contribution >= 0.6 is 0 Å². The van der Waals surface area contributed by atoms with Crippen LogP contribution in [0.2, 0.25) is 0 Å². The summed E-state index contributed by atoms with van der Waals surface area (Å²) in [5, 5.41) is 11.0. The van der Waals surface area contributed by atoms with E-state index in [2.05, 4.69) is 6.58 Å². The van der Waals surface area contributed by atoms with Gasteiger partial charge in [-0.2, -0.15) is 0 Å². The summed E-state index contributed by atoms with van der Waals surface area (Å²) in [4.78, 5) is 10.6. The minimum absolute atomic E-state index is 0.113. The second-order valence-electron chi connectivity index (χ2n) is 3.57. The highest BCUT2D eigenvalue weighted by molar-refractivity contribution is 5.80. The molecule has 3 heteroatoms. The monoisotopic (exact) mass is 225 g/mol. The van der Waals surface area contributed by atoms with Gasteiger partial charge in [-0.3, -0.25) is 10.1 Å². The van der Waals surface area contributed by atoms with E-state index in [1.54, 1.807) is 24.3 Å². The number of nitro groups is 1. The molecule has 0 saturated carbocycles. The van der Waals surface area contributed by atoms with Crippen LogP contribution in [0.15, 0.2) is 55.1 Å². The lowest BCUT2D eigenvalue weighted by Crippen LogP contribution is -1.92. The Morgan fingerprint density at radius 2 is 1.59 bits per heavy atom. The lowest BCUT2D eigenvalue weighted by atomic mass is 9.98. The first-order valence-corrected chi connectivity index (χ1v) is 5.19. The molecule has 0 atom stereocenters. The number of hydrogen-bond donors (Lipinski definition) is 0. The topological polar surface area (TPSA) is 43.1 Å². The summed E-state index contributed by atoms with van der Waals surface area (Å²) >= 11 is 0. The van der Waals surface area contributed by atoms with E-state index in [0.717, 1.165) is 11.1 Å². The van der Waals surface area contributed by atoms with Gasteiger partial charge in [0.25, 0.3) is 5.69 Å². The third-order valence-corrected chi connectivity index (χ3v) is 2.57. The molecule has 2 aromatic rings. The summed E-state index contributed by atoms with van der Waals surface area (Å²) in [5.74, 6) is 0. The zero-order chi connectivity index (χ0) is 12.3. The second kappa shape index (κ2) is 4.61. The molecule has 0 bridgehead atoms. The van der Waals surface area contributed by atoms with Gasteiger partial charge in [0.2, 0.25) is 0 Å². The van der Waals surface area contributed by atoms with E-state index in [9.17, 15) is 10.1 Å². The van der Waals surface area contributed by atoms with Crippen molar-refractivity contribution in [3.63, 3.8) is 0 Å². The summed E-state index contributed by atoms with van der Waals surface area (Å²) in [6, 6.07) is 14.2. The average molecular weight is 225 g/mol. The Labute approximate surface area is 99.2 Å². The molecule has 0 aliphatic carbocycles. The minimum atomic E-state index is -0.366. The number of rotatable bonds is 3. The van der Waals surface area contributed by atoms with Crippen molar-refractivity contribution in [3.05, 3.63) is 70.8 Å². The molecule has 0 amide bonds. The Kier molecular flexibility index (Phi) is 3.01. The van der Waals surface area contributed by atoms with Gasteiger partial charge in [-0.1, -0.05) is 49.1 Å². The van der Waals surface area contributed by atoms with Crippen molar-refractivity contribution in [2.24, 2.45) is 0 Å². The Morgan fingerprint density at radius 3 is 2.24 bits per heavy atom. The van der Waals surface area contributed by atoms with Crippen molar-refractivity contribution in [2.45, 2.75) is 0 Å². The van der Waals surface area contributed by atoms with Crippen LogP contribution in [0.4, 0.5) is 5.69 Å². The van der Waals surface area contributed by atoms with Gasteiger partial charge in [-0.15, -0.1) is 0 Å². The predicted molar refractivity (Wildman–Crippen MR) is 68.6 cm³/mol. The van der Waals surface area contributed by atoms with Crippen LogP contribution in [0.5, 0.6) is 0 Å². The second-order valence-corrected chi connectivity index (χ2v) is 3.57. The van der Waals surface area contributed by atoms with E-state index in [1.165, 1.54) is 6.07 Å². The van der Waals surface area contributed by atoms with Crippen molar-refractivity contribution in [1.82, 2.24) is 0 Å². The molecule has 0 heterocycles. The summed E-state index contributed by atoms with van der Waals surface area (Å²) in [6.45, 7) is 3.72. The van der Waals surface area contributed by atoms with Gasteiger partial charge < -0.3 is 0 Å². The van der Waals surface area contributed by atoms with Crippen LogP contribution in [-0.2, 0) is 0 Å². The van der Waals surface area contributed by atoms with Crippen molar-refractivity contribution in [3.8, 4) is 11.1 Å². The first-order chi connectivity index (χ1) is 8.24. The number of nitrogens with zero attached hydrogens (tertiary/aromatic N) is 1.